The molecule has 1 aliphatic heterocycles. The van der Waals surface area contributed by atoms with Crippen molar-refractivity contribution in [3.63, 3.8) is 0 Å². The van der Waals surface area contributed by atoms with E-state index in [2.05, 4.69) is 70.1 Å². The lowest BCUT2D eigenvalue weighted by atomic mass is 9.96. The van der Waals surface area contributed by atoms with Crippen LogP contribution in [0.1, 0.15) is 49.1 Å². The van der Waals surface area contributed by atoms with E-state index in [1.54, 1.807) is 0 Å². The third-order valence-corrected chi connectivity index (χ3v) is 5.33. The molecule has 1 aromatic carbocycles. The van der Waals surface area contributed by atoms with E-state index in [0.29, 0.717) is 11.8 Å². The highest BCUT2D eigenvalue weighted by Gasteiger charge is 2.24. The Morgan fingerprint density at radius 2 is 1.96 bits per heavy atom. The Kier molecular flexibility index (Phi) is 4.85. The van der Waals surface area contributed by atoms with Crippen molar-refractivity contribution in [3.8, 4) is 11.3 Å². The number of nitrogens with zero attached hydrogens (tertiary/aromatic N) is 3. The minimum Gasteiger partial charge on any atom is -0.348 e. The van der Waals surface area contributed by atoms with Gasteiger partial charge in [0.1, 0.15) is 5.82 Å². The summed E-state index contributed by atoms with van der Waals surface area (Å²) in [5.74, 6) is 2.18. The van der Waals surface area contributed by atoms with Gasteiger partial charge in [0.05, 0.1) is 12.2 Å². The predicted molar refractivity (Wildman–Crippen MR) is 105 cm³/mol. The summed E-state index contributed by atoms with van der Waals surface area (Å²) in [6, 6.07) is 13.3. The number of aromatic amines is 1. The van der Waals surface area contributed by atoms with Crippen LogP contribution in [0, 0.1) is 0 Å². The molecule has 0 aliphatic carbocycles. The SMILES string of the molecule is CC(C)c1ccc(-c2cc([C@@H]3CCN(Cc4ncc[nH]4)C3)ccn2)cc1. The lowest BCUT2D eigenvalue weighted by Crippen LogP contribution is -2.20. The van der Waals surface area contributed by atoms with Crippen LogP contribution in [0.15, 0.2) is 55.0 Å². The van der Waals surface area contributed by atoms with Crippen LogP contribution in [0.4, 0.5) is 0 Å². The number of pyridine rings is 1. The highest BCUT2D eigenvalue weighted by molar-refractivity contribution is 5.60. The number of benzene rings is 1. The van der Waals surface area contributed by atoms with Gasteiger partial charge in [0, 0.05) is 30.7 Å². The second-order valence-corrected chi connectivity index (χ2v) is 7.51. The van der Waals surface area contributed by atoms with Crippen molar-refractivity contribution in [2.75, 3.05) is 13.1 Å². The molecule has 2 aromatic heterocycles. The third-order valence-electron chi connectivity index (χ3n) is 5.33. The number of nitrogens with one attached hydrogen (secondary N) is 1. The van der Waals surface area contributed by atoms with Crippen LogP contribution in [0.3, 0.4) is 0 Å². The maximum atomic E-state index is 4.61. The van der Waals surface area contributed by atoms with Gasteiger partial charge in [-0.2, -0.15) is 0 Å². The molecule has 1 N–H and O–H groups in total. The predicted octanol–water partition coefficient (Wildman–Crippen LogP) is 4.58. The third kappa shape index (κ3) is 3.70. The number of aromatic nitrogens is 3. The van der Waals surface area contributed by atoms with Crippen LogP contribution in [0.2, 0.25) is 0 Å². The smallest absolute Gasteiger partial charge is 0.120 e. The Morgan fingerprint density at radius 3 is 2.69 bits per heavy atom. The van der Waals surface area contributed by atoms with Gasteiger partial charge in [-0.1, -0.05) is 38.1 Å². The van der Waals surface area contributed by atoms with Crippen molar-refractivity contribution in [2.24, 2.45) is 0 Å². The summed E-state index contributed by atoms with van der Waals surface area (Å²) >= 11 is 0. The molecule has 0 saturated carbocycles. The molecule has 0 unspecified atom stereocenters. The van der Waals surface area contributed by atoms with Crippen LogP contribution in [-0.4, -0.2) is 32.9 Å². The molecule has 0 bridgehead atoms. The Hall–Kier alpha value is -2.46. The van der Waals surface area contributed by atoms with Crippen molar-refractivity contribution < 1.29 is 0 Å². The minimum atomic E-state index is 0.557. The van der Waals surface area contributed by atoms with Crippen molar-refractivity contribution in [3.05, 3.63) is 71.9 Å². The summed E-state index contributed by atoms with van der Waals surface area (Å²) in [5, 5.41) is 0. The van der Waals surface area contributed by atoms with Crippen LogP contribution in [0.5, 0.6) is 0 Å². The lowest BCUT2D eigenvalue weighted by molar-refractivity contribution is 0.319. The normalized spacial score (nSPS) is 17.9. The maximum absolute atomic E-state index is 4.61. The minimum absolute atomic E-state index is 0.557. The van der Waals surface area contributed by atoms with E-state index < -0.39 is 0 Å². The van der Waals surface area contributed by atoms with Crippen LogP contribution < -0.4 is 0 Å². The highest BCUT2D eigenvalue weighted by Crippen LogP contribution is 2.30. The molecule has 1 fully saturated rings. The molecule has 1 saturated heterocycles. The van der Waals surface area contributed by atoms with Gasteiger partial charge in [0.2, 0.25) is 0 Å². The Balaban J connectivity index is 1.47. The molecule has 1 aliphatic rings. The van der Waals surface area contributed by atoms with Crippen molar-refractivity contribution in [1.82, 2.24) is 19.9 Å². The molecule has 4 rings (SSSR count). The van der Waals surface area contributed by atoms with E-state index >= 15 is 0 Å². The molecule has 3 heterocycles. The molecular weight excluding hydrogens is 320 g/mol. The molecule has 0 radical (unpaired) electrons. The fraction of sp³-hybridized carbons (Fsp3) is 0.364. The number of rotatable bonds is 5. The van der Waals surface area contributed by atoms with Crippen molar-refractivity contribution in [1.29, 1.82) is 0 Å². The molecule has 4 heteroatoms. The zero-order valence-corrected chi connectivity index (χ0v) is 15.5. The Labute approximate surface area is 155 Å². The van der Waals surface area contributed by atoms with Crippen molar-refractivity contribution in [2.45, 2.75) is 38.6 Å². The van der Waals surface area contributed by atoms with E-state index in [1.807, 2.05) is 18.6 Å². The molecule has 0 amide bonds. The molecule has 4 nitrogen and oxygen atoms in total. The quantitative estimate of drug-likeness (QED) is 0.735. The van der Waals surface area contributed by atoms with Gasteiger partial charge in [-0.25, -0.2) is 4.98 Å². The zero-order valence-electron chi connectivity index (χ0n) is 15.5. The Morgan fingerprint density at radius 1 is 1.12 bits per heavy atom. The number of H-pyrrole nitrogens is 1. The second-order valence-electron chi connectivity index (χ2n) is 7.51. The fourth-order valence-electron chi connectivity index (χ4n) is 3.74. The summed E-state index contributed by atoms with van der Waals surface area (Å²) in [6.07, 6.45) is 6.86. The van der Waals surface area contributed by atoms with E-state index in [9.17, 15) is 0 Å². The van der Waals surface area contributed by atoms with Gasteiger partial charge in [0.25, 0.3) is 0 Å². The largest absolute Gasteiger partial charge is 0.348 e. The Bertz CT molecular complexity index is 837. The van der Waals surface area contributed by atoms with Crippen molar-refractivity contribution >= 4 is 0 Å². The number of hydrogen-bond acceptors (Lipinski definition) is 3. The summed E-state index contributed by atoms with van der Waals surface area (Å²) in [5.41, 5.74) is 5.03. The van der Waals surface area contributed by atoms with Gasteiger partial charge in [0.15, 0.2) is 0 Å². The number of hydrogen-bond donors (Lipinski definition) is 1. The molecule has 134 valence electrons. The van der Waals surface area contributed by atoms with Gasteiger partial charge in [-0.3, -0.25) is 9.88 Å². The average molecular weight is 346 g/mol. The average Bonchev–Trinajstić information content (AvgIpc) is 3.34. The number of likely N-dealkylation sites (tertiary alicyclic amines) is 1. The number of imidazole rings is 1. The maximum Gasteiger partial charge on any atom is 0.120 e. The van der Waals surface area contributed by atoms with E-state index in [1.165, 1.54) is 23.1 Å². The van der Waals surface area contributed by atoms with Gasteiger partial charge < -0.3 is 4.98 Å². The summed E-state index contributed by atoms with van der Waals surface area (Å²) in [7, 11) is 0. The molecule has 0 spiro atoms. The molecular formula is C22H26N4. The van der Waals surface area contributed by atoms with E-state index in [4.69, 9.17) is 0 Å². The second kappa shape index (κ2) is 7.42. The monoisotopic (exact) mass is 346 g/mol. The zero-order chi connectivity index (χ0) is 17.9. The molecule has 26 heavy (non-hydrogen) atoms. The van der Waals surface area contributed by atoms with Crippen LogP contribution in [-0.2, 0) is 6.54 Å². The lowest BCUT2D eigenvalue weighted by Gasteiger charge is -2.15. The molecule has 1 atom stereocenters. The highest BCUT2D eigenvalue weighted by atomic mass is 15.2. The van der Waals surface area contributed by atoms with E-state index in [-0.39, 0.29) is 0 Å². The first kappa shape index (κ1) is 17.0. The topological polar surface area (TPSA) is 44.8 Å². The van der Waals surface area contributed by atoms with Crippen LogP contribution >= 0.6 is 0 Å². The molecule has 3 aromatic rings. The van der Waals surface area contributed by atoms with Crippen LogP contribution in [0.25, 0.3) is 11.3 Å². The summed E-state index contributed by atoms with van der Waals surface area (Å²) < 4.78 is 0. The fourth-order valence-corrected chi connectivity index (χ4v) is 3.74. The first-order valence-corrected chi connectivity index (χ1v) is 9.46. The van der Waals surface area contributed by atoms with Gasteiger partial charge in [-0.15, -0.1) is 0 Å². The first-order chi connectivity index (χ1) is 12.7. The summed E-state index contributed by atoms with van der Waals surface area (Å²) in [4.78, 5) is 14.6. The van der Waals surface area contributed by atoms with Gasteiger partial charge >= 0.3 is 0 Å². The standard InChI is InChI=1S/C22H26N4/c1-16(2)17-3-5-18(6-4-17)21-13-19(7-9-23-21)20-8-12-26(14-20)15-22-24-10-11-25-22/h3-7,9-11,13,16,20H,8,12,14-15H2,1-2H3,(H,24,25)/t20-/m1/s1. The van der Waals surface area contributed by atoms with Gasteiger partial charge in [-0.05, 0) is 48.1 Å². The van der Waals surface area contributed by atoms with E-state index in [0.717, 1.165) is 31.2 Å². The summed E-state index contributed by atoms with van der Waals surface area (Å²) in [6.45, 7) is 7.55. The first-order valence-electron chi connectivity index (χ1n) is 9.46.